The van der Waals surface area contributed by atoms with Crippen LogP contribution >= 0.6 is 0 Å². The van der Waals surface area contributed by atoms with Gasteiger partial charge in [0.25, 0.3) is 0 Å². The van der Waals surface area contributed by atoms with Crippen LogP contribution in [-0.4, -0.2) is 21.2 Å². The van der Waals surface area contributed by atoms with Crippen molar-refractivity contribution in [3.8, 4) is 6.07 Å². The maximum atomic E-state index is 14.0. The van der Waals surface area contributed by atoms with Crippen molar-refractivity contribution in [2.24, 2.45) is 7.05 Å². The second kappa shape index (κ2) is 5.66. The Bertz CT molecular complexity index is 686. The SMILES string of the molecule is Cn1cc([C@H]2CCCN2Cc2ccc(C#N)cc2F)cn1. The Balaban J connectivity index is 1.79. The Morgan fingerprint density at radius 1 is 1.48 bits per heavy atom. The number of nitrogens with zero attached hydrogens (tertiary/aromatic N) is 4. The summed E-state index contributed by atoms with van der Waals surface area (Å²) in [6.45, 7) is 1.52. The molecule has 0 radical (unpaired) electrons. The molecule has 1 aliphatic heterocycles. The number of likely N-dealkylation sites (tertiary alicyclic amines) is 1. The highest BCUT2D eigenvalue weighted by Crippen LogP contribution is 2.33. The number of rotatable bonds is 3. The lowest BCUT2D eigenvalue weighted by Gasteiger charge is -2.23. The summed E-state index contributed by atoms with van der Waals surface area (Å²) < 4.78 is 15.8. The summed E-state index contributed by atoms with van der Waals surface area (Å²) in [4.78, 5) is 2.28. The van der Waals surface area contributed by atoms with E-state index in [1.165, 1.54) is 11.6 Å². The summed E-state index contributed by atoms with van der Waals surface area (Å²) in [5.74, 6) is -0.300. The molecule has 21 heavy (non-hydrogen) atoms. The first-order valence-corrected chi connectivity index (χ1v) is 7.08. The summed E-state index contributed by atoms with van der Waals surface area (Å²) in [6, 6.07) is 6.96. The first kappa shape index (κ1) is 13.8. The molecule has 1 aromatic heterocycles. The molecule has 2 heterocycles. The highest BCUT2D eigenvalue weighted by molar-refractivity contribution is 5.33. The van der Waals surface area contributed by atoms with Crippen LogP contribution in [0.2, 0.25) is 0 Å². The van der Waals surface area contributed by atoms with E-state index >= 15 is 0 Å². The van der Waals surface area contributed by atoms with Gasteiger partial charge < -0.3 is 0 Å². The summed E-state index contributed by atoms with van der Waals surface area (Å²) in [6.07, 6.45) is 6.09. The van der Waals surface area contributed by atoms with E-state index in [0.29, 0.717) is 23.7 Å². The van der Waals surface area contributed by atoms with Gasteiger partial charge in [0.2, 0.25) is 0 Å². The summed E-state index contributed by atoms with van der Waals surface area (Å²) >= 11 is 0. The van der Waals surface area contributed by atoms with Gasteiger partial charge in [0, 0.05) is 37.0 Å². The molecule has 0 spiro atoms. The van der Waals surface area contributed by atoms with E-state index in [9.17, 15) is 4.39 Å². The van der Waals surface area contributed by atoms with Gasteiger partial charge in [-0.15, -0.1) is 0 Å². The van der Waals surface area contributed by atoms with E-state index < -0.39 is 0 Å². The molecule has 0 saturated carbocycles. The number of benzene rings is 1. The van der Waals surface area contributed by atoms with Gasteiger partial charge in [-0.3, -0.25) is 9.58 Å². The fourth-order valence-electron chi connectivity index (χ4n) is 2.97. The van der Waals surface area contributed by atoms with E-state index in [1.54, 1.807) is 16.8 Å². The number of nitriles is 1. The average molecular weight is 284 g/mol. The van der Waals surface area contributed by atoms with E-state index in [0.717, 1.165) is 19.4 Å². The fraction of sp³-hybridized carbons (Fsp3) is 0.375. The van der Waals surface area contributed by atoms with Crippen LogP contribution in [0.3, 0.4) is 0 Å². The summed E-state index contributed by atoms with van der Waals surface area (Å²) in [5, 5.41) is 13.0. The zero-order chi connectivity index (χ0) is 14.8. The van der Waals surface area contributed by atoms with E-state index in [-0.39, 0.29) is 5.82 Å². The Hall–Kier alpha value is -2.19. The van der Waals surface area contributed by atoms with Crippen molar-refractivity contribution in [1.29, 1.82) is 5.26 Å². The molecule has 1 aliphatic rings. The molecule has 0 N–H and O–H groups in total. The van der Waals surface area contributed by atoms with Gasteiger partial charge in [-0.1, -0.05) is 6.07 Å². The molecule has 0 amide bonds. The number of hydrogen-bond donors (Lipinski definition) is 0. The molecule has 5 heteroatoms. The third-order valence-corrected chi connectivity index (χ3v) is 4.03. The Morgan fingerprint density at radius 3 is 3.00 bits per heavy atom. The third kappa shape index (κ3) is 2.81. The number of aryl methyl sites for hydroxylation is 1. The van der Waals surface area contributed by atoms with Crippen LogP contribution in [0.15, 0.2) is 30.6 Å². The standard InChI is InChI=1S/C16H17FN4/c1-20-10-14(9-19-20)16-3-2-6-21(16)11-13-5-4-12(8-18)7-15(13)17/h4-5,7,9-10,16H,2-3,6,11H2,1H3/t16-/m1/s1. The minimum Gasteiger partial charge on any atom is -0.292 e. The zero-order valence-electron chi connectivity index (χ0n) is 12.0. The van der Waals surface area contributed by atoms with Crippen LogP contribution in [0.4, 0.5) is 4.39 Å². The van der Waals surface area contributed by atoms with Crippen molar-refractivity contribution >= 4 is 0 Å². The Labute approximate surface area is 123 Å². The normalized spacial score (nSPS) is 18.8. The van der Waals surface area contributed by atoms with Gasteiger partial charge in [-0.2, -0.15) is 10.4 Å². The molecule has 3 rings (SSSR count). The first-order valence-electron chi connectivity index (χ1n) is 7.08. The second-order valence-corrected chi connectivity index (χ2v) is 5.49. The first-order chi connectivity index (χ1) is 10.2. The van der Waals surface area contributed by atoms with Gasteiger partial charge in [0.1, 0.15) is 5.82 Å². The van der Waals surface area contributed by atoms with Gasteiger partial charge in [0.15, 0.2) is 0 Å². The maximum Gasteiger partial charge on any atom is 0.129 e. The highest BCUT2D eigenvalue weighted by atomic mass is 19.1. The van der Waals surface area contributed by atoms with Crippen molar-refractivity contribution in [3.05, 3.63) is 53.1 Å². The molecule has 1 aromatic carbocycles. The predicted molar refractivity (Wildman–Crippen MR) is 76.7 cm³/mol. The van der Waals surface area contributed by atoms with Gasteiger partial charge in [0.05, 0.1) is 17.8 Å². The molecule has 4 nitrogen and oxygen atoms in total. The molecule has 108 valence electrons. The lowest BCUT2D eigenvalue weighted by molar-refractivity contribution is 0.245. The van der Waals surface area contributed by atoms with Crippen LogP contribution in [0, 0.1) is 17.1 Å². The molecular weight excluding hydrogens is 267 g/mol. The quantitative estimate of drug-likeness (QED) is 0.870. The molecule has 0 unspecified atom stereocenters. The van der Waals surface area contributed by atoms with Crippen molar-refractivity contribution in [2.75, 3.05) is 6.54 Å². The van der Waals surface area contributed by atoms with Gasteiger partial charge >= 0.3 is 0 Å². The van der Waals surface area contributed by atoms with Crippen molar-refractivity contribution in [1.82, 2.24) is 14.7 Å². The number of halogens is 1. The predicted octanol–water partition coefficient (Wildman–Crippen LogP) is 2.77. The molecule has 0 bridgehead atoms. The largest absolute Gasteiger partial charge is 0.292 e. The van der Waals surface area contributed by atoms with Gasteiger partial charge in [-0.25, -0.2) is 4.39 Å². The Kier molecular flexibility index (Phi) is 3.72. The summed E-state index contributed by atoms with van der Waals surface area (Å²) in [5.41, 5.74) is 2.19. The van der Waals surface area contributed by atoms with Crippen LogP contribution in [0.1, 0.15) is 35.6 Å². The smallest absolute Gasteiger partial charge is 0.129 e. The molecule has 1 saturated heterocycles. The molecule has 2 aromatic rings. The maximum absolute atomic E-state index is 14.0. The minimum absolute atomic E-state index is 0.300. The second-order valence-electron chi connectivity index (χ2n) is 5.49. The molecule has 1 atom stereocenters. The van der Waals surface area contributed by atoms with Crippen molar-refractivity contribution in [2.45, 2.75) is 25.4 Å². The molecule has 0 aliphatic carbocycles. The lowest BCUT2D eigenvalue weighted by atomic mass is 10.1. The van der Waals surface area contributed by atoms with Crippen molar-refractivity contribution < 1.29 is 4.39 Å². The summed E-state index contributed by atoms with van der Waals surface area (Å²) in [7, 11) is 1.91. The van der Waals surface area contributed by atoms with Crippen LogP contribution in [0.5, 0.6) is 0 Å². The highest BCUT2D eigenvalue weighted by Gasteiger charge is 2.27. The Morgan fingerprint density at radius 2 is 2.33 bits per heavy atom. The van der Waals surface area contributed by atoms with E-state index in [1.807, 2.05) is 25.5 Å². The van der Waals surface area contributed by atoms with Crippen molar-refractivity contribution in [3.63, 3.8) is 0 Å². The van der Waals surface area contributed by atoms with Crippen LogP contribution < -0.4 is 0 Å². The molecule has 1 fully saturated rings. The van der Waals surface area contributed by atoms with E-state index in [4.69, 9.17) is 5.26 Å². The van der Waals surface area contributed by atoms with Crippen LogP contribution in [0.25, 0.3) is 0 Å². The molecular formula is C16H17FN4. The lowest BCUT2D eigenvalue weighted by Crippen LogP contribution is -2.23. The number of aromatic nitrogens is 2. The fourth-order valence-corrected chi connectivity index (χ4v) is 2.97. The van der Waals surface area contributed by atoms with Crippen LogP contribution in [-0.2, 0) is 13.6 Å². The average Bonchev–Trinajstić information content (AvgIpc) is 3.09. The minimum atomic E-state index is -0.300. The number of hydrogen-bond acceptors (Lipinski definition) is 3. The van der Waals surface area contributed by atoms with E-state index in [2.05, 4.69) is 10.00 Å². The van der Waals surface area contributed by atoms with Gasteiger partial charge in [-0.05, 0) is 31.5 Å². The topological polar surface area (TPSA) is 44.9 Å². The zero-order valence-corrected chi connectivity index (χ0v) is 12.0. The third-order valence-electron chi connectivity index (χ3n) is 4.03. The monoisotopic (exact) mass is 284 g/mol.